The molecule has 0 saturated carbocycles. The standard InChI is InChI=1S/C17H16N4O3/c1-11-9-14(19-23-11)17(22)21-8-7-13(10-21)15-18-16(24-20-15)12-5-3-2-4-6-12/h2-6,9,13H,7-8,10H2,1H3/t13-/m0/s1. The largest absolute Gasteiger partial charge is 0.361 e. The molecule has 4 rings (SSSR count). The Morgan fingerprint density at radius 3 is 2.79 bits per heavy atom. The van der Waals surface area contributed by atoms with E-state index in [4.69, 9.17) is 9.05 Å². The molecule has 0 radical (unpaired) electrons. The number of carbonyl (C=O) groups excluding carboxylic acids is 1. The van der Waals surface area contributed by atoms with E-state index in [1.807, 2.05) is 30.3 Å². The van der Waals surface area contributed by atoms with Gasteiger partial charge in [-0.3, -0.25) is 4.79 Å². The number of aryl methyl sites for hydroxylation is 1. The van der Waals surface area contributed by atoms with E-state index >= 15 is 0 Å². The molecular weight excluding hydrogens is 308 g/mol. The first-order valence-corrected chi connectivity index (χ1v) is 7.82. The Balaban J connectivity index is 1.47. The predicted molar refractivity (Wildman–Crippen MR) is 84.2 cm³/mol. The van der Waals surface area contributed by atoms with Crippen molar-refractivity contribution in [1.82, 2.24) is 20.2 Å². The lowest BCUT2D eigenvalue weighted by molar-refractivity contribution is 0.0780. The Kier molecular flexibility index (Phi) is 3.60. The lowest BCUT2D eigenvalue weighted by Crippen LogP contribution is -2.28. The third-order valence-electron chi connectivity index (χ3n) is 4.15. The number of hydrogen-bond acceptors (Lipinski definition) is 6. The normalized spacial score (nSPS) is 17.4. The first kappa shape index (κ1) is 14.6. The van der Waals surface area contributed by atoms with Gasteiger partial charge in [-0.2, -0.15) is 4.98 Å². The molecule has 1 aromatic carbocycles. The van der Waals surface area contributed by atoms with Gasteiger partial charge in [-0.05, 0) is 25.5 Å². The molecule has 2 aromatic heterocycles. The van der Waals surface area contributed by atoms with E-state index in [1.54, 1.807) is 17.9 Å². The minimum absolute atomic E-state index is 0.0724. The van der Waals surface area contributed by atoms with Crippen LogP contribution < -0.4 is 0 Å². The zero-order valence-electron chi connectivity index (χ0n) is 13.2. The summed E-state index contributed by atoms with van der Waals surface area (Å²) in [6, 6.07) is 11.3. The molecule has 1 atom stereocenters. The third kappa shape index (κ3) is 2.68. The van der Waals surface area contributed by atoms with Crippen LogP contribution in [0.25, 0.3) is 11.5 Å². The van der Waals surface area contributed by atoms with Gasteiger partial charge < -0.3 is 13.9 Å². The number of nitrogens with zero attached hydrogens (tertiary/aromatic N) is 4. The lowest BCUT2D eigenvalue weighted by atomic mass is 10.1. The van der Waals surface area contributed by atoms with Gasteiger partial charge in [0.15, 0.2) is 11.5 Å². The van der Waals surface area contributed by atoms with E-state index in [0.717, 1.165) is 12.0 Å². The lowest BCUT2D eigenvalue weighted by Gasteiger charge is -2.13. The predicted octanol–water partition coefficient (Wildman–Crippen LogP) is 2.66. The number of rotatable bonds is 3. The summed E-state index contributed by atoms with van der Waals surface area (Å²) in [6.07, 6.45) is 0.802. The van der Waals surface area contributed by atoms with Crippen LogP contribution in [0.4, 0.5) is 0 Å². The van der Waals surface area contributed by atoms with E-state index in [9.17, 15) is 4.79 Å². The molecule has 3 heterocycles. The van der Waals surface area contributed by atoms with Gasteiger partial charge in [0.05, 0.1) is 0 Å². The van der Waals surface area contributed by atoms with Gasteiger partial charge >= 0.3 is 0 Å². The molecule has 0 N–H and O–H groups in total. The van der Waals surface area contributed by atoms with Crippen molar-refractivity contribution in [2.75, 3.05) is 13.1 Å². The number of amides is 1. The van der Waals surface area contributed by atoms with Crippen molar-refractivity contribution in [3.63, 3.8) is 0 Å². The van der Waals surface area contributed by atoms with Gasteiger partial charge in [-0.15, -0.1) is 0 Å². The van der Waals surface area contributed by atoms with Gasteiger partial charge in [0.1, 0.15) is 5.76 Å². The van der Waals surface area contributed by atoms with Gasteiger partial charge in [0.25, 0.3) is 11.8 Å². The monoisotopic (exact) mass is 324 g/mol. The number of likely N-dealkylation sites (tertiary alicyclic amines) is 1. The zero-order valence-corrected chi connectivity index (χ0v) is 13.2. The van der Waals surface area contributed by atoms with Crippen molar-refractivity contribution in [3.8, 4) is 11.5 Å². The summed E-state index contributed by atoms with van der Waals surface area (Å²) in [5.74, 6) is 1.71. The van der Waals surface area contributed by atoms with Crippen molar-refractivity contribution < 1.29 is 13.8 Å². The van der Waals surface area contributed by atoms with E-state index in [2.05, 4.69) is 15.3 Å². The summed E-state index contributed by atoms with van der Waals surface area (Å²) >= 11 is 0. The maximum absolute atomic E-state index is 12.4. The summed E-state index contributed by atoms with van der Waals surface area (Å²) in [6.45, 7) is 2.96. The molecule has 122 valence electrons. The number of hydrogen-bond donors (Lipinski definition) is 0. The second kappa shape index (κ2) is 5.92. The van der Waals surface area contributed by atoms with Gasteiger partial charge in [0, 0.05) is 30.6 Å². The third-order valence-corrected chi connectivity index (χ3v) is 4.15. The summed E-state index contributed by atoms with van der Waals surface area (Å²) in [5.41, 5.74) is 1.23. The second-order valence-corrected chi connectivity index (χ2v) is 5.88. The van der Waals surface area contributed by atoms with Crippen molar-refractivity contribution in [1.29, 1.82) is 0 Å². The van der Waals surface area contributed by atoms with E-state index in [1.165, 1.54) is 0 Å². The van der Waals surface area contributed by atoms with Crippen LogP contribution in [0, 0.1) is 6.92 Å². The Hall–Kier alpha value is -2.96. The molecule has 7 heteroatoms. The summed E-state index contributed by atoms with van der Waals surface area (Å²) < 4.78 is 10.3. The van der Waals surface area contributed by atoms with Crippen LogP contribution in [-0.2, 0) is 0 Å². The first-order valence-electron chi connectivity index (χ1n) is 7.82. The van der Waals surface area contributed by atoms with Crippen LogP contribution in [0.3, 0.4) is 0 Å². The maximum atomic E-state index is 12.4. The smallest absolute Gasteiger partial charge is 0.276 e. The van der Waals surface area contributed by atoms with Crippen molar-refractivity contribution in [2.24, 2.45) is 0 Å². The van der Waals surface area contributed by atoms with Crippen molar-refractivity contribution in [3.05, 3.63) is 53.7 Å². The average Bonchev–Trinajstić information content (AvgIpc) is 3.35. The molecule has 1 aliphatic rings. The highest BCUT2D eigenvalue weighted by atomic mass is 16.5. The molecule has 1 fully saturated rings. The highest BCUT2D eigenvalue weighted by molar-refractivity contribution is 5.92. The topological polar surface area (TPSA) is 85.3 Å². The zero-order chi connectivity index (χ0) is 16.5. The van der Waals surface area contributed by atoms with Crippen LogP contribution in [-0.4, -0.2) is 39.2 Å². The van der Waals surface area contributed by atoms with Gasteiger partial charge in [-0.25, -0.2) is 0 Å². The molecule has 0 unspecified atom stereocenters. The van der Waals surface area contributed by atoms with Crippen LogP contribution in [0.1, 0.15) is 34.4 Å². The molecule has 7 nitrogen and oxygen atoms in total. The fourth-order valence-corrected chi connectivity index (χ4v) is 2.88. The maximum Gasteiger partial charge on any atom is 0.276 e. The fraction of sp³-hybridized carbons (Fsp3) is 0.294. The Morgan fingerprint density at radius 1 is 1.21 bits per heavy atom. The summed E-state index contributed by atoms with van der Waals surface area (Å²) in [4.78, 5) is 18.6. The highest BCUT2D eigenvalue weighted by Gasteiger charge is 2.32. The molecule has 0 bridgehead atoms. The molecular formula is C17H16N4O3. The van der Waals surface area contributed by atoms with Crippen LogP contribution in [0.5, 0.6) is 0 Å². The minimum Gasteiger partial charge on any atom is -0.361 e. The van der Waals surface area contributed by atoms with E-state index in [0.29, 0.717) is 36.3 Å². The molecule has 0 aliphatic carbocycles. The van der Waals surface area contributed by atoms with Gasteiger partial charge in [0.2, 0.25) is 0 Å². The highest BCUT2D eigenvalue weighted by Crippen LogP contribution is 2.28. The second-order valence-electron chi connectivity index (χ2n) is 5.88. The number of carbonyl (C=O) groups is 1. The van der Waals surface area contributed by atoms with Crippen LogP contribution in [0.2, 0.25) is 0 Å². The van der Waals surface area contributed by atoms with E-state index < -0.39 is 0 Å². The van der Waals surface area contributed by atoms with Crippen LogP contribution >= 0.6 is 0 Å². The van der Waals surface area contributed by atoms with E-state index in [-0.39, 0.29) is 11.8 Å². The average molecular weight is 324 g/mol. The fourth-order valence-electron chi connectivity index (χ4n) is 2.88. The SMILES string of the molecule is Cc1cc(C(=O)N2CC[C@H](c3noc(-c4ccccc4)n3)C2)no1. The quantitative estimate of drug-likeness (QED) is 0.736. The molecule has 1 saturated heterocycles. The molecule has 1 aliphatic heterocycles. The summed E-state index contributed by atoms with van der Waals surface area (Å²) in [7, 11) is 0. The van der Waals surface area contributed by atoms with Crippen LogP contribution in [0.15, 0.2) is 45.4 Å². The molecule has 24 heavy (non-hydrogen) atoms. The number of aromatic nitrogens is 3. The molecule has 0 spiro atoms. The summed E-state index contributed by atoms with van der Waals surface area (Å²) in [5, 5.41) is 7.87. The molecule has 3 aromatic rings. The number of benzene rings is 1. The Labute approximate surface area is 138 Å². The minimum atomic E-state index is -0.124. The molecule has 1 amide bonds. The van der Waals surface area contributed by atoms with Crippen molar-refractivity contribution >= 4 is 5.91 Å². The Bertz CT molecular complexity index is 856. The van der Waals surface area contributed by atoms with Gasteiger partial charge in [-0.1, -0.05) is 28.5 Å². The van der Waals surface area contributed by atoms with Crippen molar-refractivity contribution in [2.45, 2.75) is 19.3 Å². The first-order chi connectivity index (χ1) is 11.7. The Morgan fingerprint density at radius 2 is 2.04 bits per heavy atom.